The van der Waals surface area contributed by atoms with Gasteiger partial charge in [-0.05, 0) is 79.0 Å². The van der Waals surface area contributed by atoms with Crippen LogP contribution in [0.2, 0.25) is 0 Å². The lowest BCUT2D eigenvalue weighted by Gasteiger charge is -2.33. The van der Waals surface area contributed by atoms with E-state index in [1.165, 1.54) is 36.7 Å². The molecule has 2 fully saturated rings. The molecule has 0 saturated heterocycles. The van der Waals surface area contributed by atoms with Crippen molar-refractivity contribution in [2.45, 2.75) is 84.5 Å². The van der Waals surface area contributed by atoms with Gasteiger partial charge in [0.25, 0.3) is 11.2 Å². The fourth-order valence-electron chi connectivity index (χ4n) is 6.19. The Labute approximate surface area is 378 Å². The second-order valence-corrected chi connectivity index (χ2v) is 19.6. The van der Waals surface area contributed by atoms with Gasteiger partial charge in [0.2, 0.25) is 11.8 Å². The molecule has 2 amide bonds. The predicted octanol–water partition coefficient (Wildman–Crippen LogP) is 6.92. The number of benzene rings is 1. The van der Waals surface area contributed by atoms with Crippen LogP contribution < -0.4 is 15.4 Å². The van der Waals surface area contributed by atoms with E-state index >= 15 is 0 Å². The van der Waals surface area contributed by atoms with Gasteiger partial charge in [0.1, 0.15) is 11.6 Å². The van der Waals surface area contributed by atoms with Crippen LogP contribution in [0.15, 0.2) is 83.2 Å². The molecule has 0 radical (unpaired) electrons. The van der Waals surface area contributed by atoms with Crippen LogP contribution in [0.4, 0.5) is 64.2 Å². The Bertz CT molecular complexity index is 2650. The van der Waals surface area contributed by atoms with E-state index in [9.17, 15) is 89.3 Å². The zero-order chi connectivity index (χ0) is 50.9. The molecule has 4 aromatic rings. The minimum Gasteiger partial charge on any atom is -0.495 e. The molecule has 0 unspecified atom stereocenters. The summed E-state index contributed by atoms with van der Waals surface area (Å²) >= 11 is 0. The van der Waals surface area contributed by atoms with E-state index in [0.717, 1.165) is 38.9 Å². The highest BCUT2D eigenvalue weighted by Gasteiger charge is 2.72. The maximum absolute atomic E-state index is 13.1. The number of aliphatic hydroxyl groups is 2. The Morgan fingerprint density at radius 3 is 1.35 bits per heavy atom. The van der Waals surface area contributed by atoms with Crippen molar-refractivity contribution in [2.75, 3.05) is 29.2 Å². The van der Waals surface area contributed by atoms with Crippen molar-refractivity contribution in [1.82, 2.24) is 15.0 Å². The second kappa shape index (κ2) is 19.4. The van der Waals surface area contributed by atoms with Crippen molar-refractivity contribution in [3.05, 3.63) is 95.4 Å². The van der Waals surface area contributed by atoms with Crippen molar-refractivity contribution < 1.29 is 94.1 Å². The molecule has 4 N–H and O–H groups in total. The van der Waals surface area contributed by atoms with Crippen molar-refractivity contribution in [2.24, 2.45) is 11.8 Å². The summed E-state index contributed by atoms with van der Waals surface area (Å²) < 4.78 is 210. The van der Waals surface area contributed by atoms with Gasteiger partial charge in [-0.15, -0.1) is 0 Å². The number of halogens is 12. The zero-order valence-corrected chi connectivity index (χ0v) is 36.3. The number of anilines is 2. The third-order valence-corrected chi connectivity index (χ3v) is 13.8. The fourth-order valence-corrected chi connectivity index (χ4v) is 9.42. The normalized spacial score (nSPS) is 15.2. The van der Waals surface area contributed by atoms with E-state index in [4.69, 9.17) is 4.74 Å². The van der Waals surface area contributed by atoms with E-state index < -0.39 is 84.3 Å². The number of pyridine rings is 3. The Morgan fingerprint density at radius 2 is 1.00 bits per heavy atom. The number of amides is 2. The van der Waals surface area contributed by atoms with Crippen LogP contribution in [-0.4, -0.2) is 97.1 Å². The van der Waals surface area contributed by atoms with Crippen LogP contribution in [0, 0.1) is 11.8 Å². The number of hydrogen-bond acceptors (Lipinski definition) is 12. The lowest BCUT2D eigenvalue weighted by Crippen LogP contribution is -2.54. The molecule has 14 nitrogen and oxygen atoms in total. The molecule has 2 aliphatic rings. The molecule has 0 atom stereocenters. The number of hydrogen-bond donors (Lipinski definition) is 4. The third kappa shape index (κ3) is 12.3. The summed E-state index contributed by atoms with van der Waals surface area (Å²) in [5.74, 6) is -2.12. The summed E-state index contributed by atoms with van der Waals surface area (Å²) in [6, 6.07) is 7.73. The number of carbonyl (C=O) groups is 2. The summed E-state index contributed by atoms with van der Waals surface area (Å²) in [7, 11) is -6.12. The minimum absolute atomic E-state index is 0.000694. The first-order chi connectivity index (χ1) is 31.2. The SMILES string of the molecule is COc1cc(C(O)(C(F)(F)F)C(F)(F)F)ccc1NC(=O)Cc1ccc(S(=O)(=O)CC2CC2)nc1.O=C(Cc1ccc(S(=O)(=O)CC2CC2)nc1)Nc1ccc(C(O)(C(F)(F)F)C(F)(F)F)cn1. The second-order valence-electron chi connectivity index (χ2n) is 15.7. The highest BCUT2D eigenvalue weighted by molar-refractivity contribution is 7.91. The van der Waals surface area contributed by atoms with Gasteiger partial charge in [-0.1, -0.05) is 24.3 Å². The molecule has 68 heavy (non-hydrogen) atoms. The van der Waals surface area contributed by atoms with E-state index in [-0.39, 0.29) is 63.9 Å². The van der Waals surface area contributed by atoms with E-state index in [1.54, 1.807) is 0 Å². The van der Waals surface area contributed by atoms with Crippen molar-refractivity contribution in [3.8, 4) is 5.75 Å². The molecule has 0 spiro atoms. The number of aromatic nitrogens is 3. The van der Waals surface area contributed by atoms with Gasteiger partial charge >= 0.3 is 24.7 Å². The lowest BCUT2D eigenvalue weighted by atomic mass is 9.91. The Hall–Kier alpha value is -5.61. The zero-order valence-electron chi connectivity index (χ0n) is 34.7. The molecule has 2 saturated carbocycles. The number of nitrogens with zero attached hydrogens (tertiary/aromatic N) is 3. The number of nitrogens with one attached hydrogen (secondary N) is 2. The van der Waals surface area contributed by atoms with Crippen molar-refractivity contribution >= 4 is 43.0 Å². The average Bonchev–Trinajstić information content (AvgIpc) is 4.18. The Morgan fingerprint density at radius 1 is 0.588 bits per heavy atom. The molecule has 28 heteroatoms. The van der Waals surface area contributed by atoms with Gasteiger partial charge < -0.3 is 25.6 Å². The maximum atomic E-state index is 13.1. The molecule has 3 aromatic heterocycles. The van der Waals surface area contributed by atoms with Crippen LogP contribution in [0.3, 0.4) is 0 Å². The van der Waals surface area contributed by atoms with Crippen LogP contribution in [-0.2, 0) is 53.3 Å². The molecule has 372 valence electrons. The molecule has 0 aliphatic heterocycles. The lowest BCUT2D eigenvalue weighted by molar-refractivity contribution is -0.376. The average molecular weight is 1020 g/mol. The van der Waals surface area contributed by atoms with Gasteiger partial charge in [0.15, 0.2) is 29.7 Å². The highest BCUT2D eigenvalue weighted by Crippen LogP contribution is 2.52. The first kappa shape index (κ1) is 53.3. The smallest absolute Gasteiger partial charge is 0.430 e. The fraction of sp³-hybridized carbons (Fsp3) is 0.425. The maximum Gasteiger partial charge on any atom is 0.430 e. The van der Waals surface area contributed by atoms with Crippen molar-refractivity contribution in [3.63, 3.8) is 0 Å². The standard InChI is InChI=1S/C21H20F6N2O5S.C19H17F6N3O4S/c1-34-16-9-14(19(31,20(22,23)24)21(25,26)27)5-6-15(16)29-17(30)8-13-4-7-18(28-10-13)35(32,33)11-12-2-3-12;20-18(21,22)17(30,19(23,24)25)13-4-5-14(26-9-13)28-15(29)7-12-3-6-16(27-8-12)33(31,32)10-11-1-2-11/h4-7,9-10,12,31H,2-3,8,11H2,1H3,(H,29,30);3-6,8-9,11,30H,1-2,7,10H2,(H,26,28,29). The number of ether oxygens (including phenoxy) is 1. The summed E-state index contributed by atoms with van der Waals surface area (Å²) in [6.07, 6.45) is -19.0. The topological polar surface area (TPSA) is 215 Å². The molecular formula is C40H37F12N5O9S2. The van der Waals surface area contributed by atoms with Crippen LogP contribution in [0.25, 0.3) is 0 Å². The van der Waals surface area contributed by atoms with Crippen molar-refractivity contribution in [1.29, 1.82) is 0 Å². The number of sulfone groups is 2. The molecule has 3 heterocycles. The van der Waals surface area contributed by atoms with Crippen LogP contribution in [0.5, 0.6) is 5.75 Å². The molecular weight excluding hydrogens is 987 g/mol. The minimum atomic E-state index is -6.08. The quantitative estimate of drug-likeness (QED) is 0.0894. The van der Waals surface area contributed by atoms with E-state index in [0.29, 0.717) is 35.4 Å². The Balaban J connectivity index is 0.000000255. The summed E-state index contributed by atoms with van der Waals surface area (Å²) in [6.45, 7) is 0. The van der Waals surface area contributed by atoms with Gasteiger partial charge in [-0.2, -0.15) is 52.7 Å². The number of rotatable bonds is 15. The summed E-state index contributed by atoms with van der Waals surface area (Å²) in [5.41, 5.74) is -13.0. The van der Waals surface area contributed by atoms with E-state index in [2.05, 4.69) is 25.6 Å². The predicted molar refractivity (Wildman–Crippen MR) is 212 cm³/mol. The largest absolute Gasteiger partial charge is 0.495 e. The number of methoxy groups -OCH3 is 1. The first-order valence-corrected chi connectivity index (χ1v) is 22.8. The highest BCUT2D eigenvalue weighted by atomic mass is 32.2. The molecule has 2 aliphatic carbocycles. The number of carbonyl (C=O) groups excluding carboxylic acids is 2. The first-order valence-electron chi connectivity index (χ1n) is 19.5. The van der Waals surface area contributed by atoms with Crippen LogP contribution in [0.1, 0.15) is 47.9 Å². The van der Waals surface area contributed by atoms with Gasteiger partial charge in [0.05, 0.1) is 37.1 Å². The molecule has 6 rings (SSSR count). The molecule has 1 aromatic carbocycles. The Kier molecular flexibility index (Phi) is 15.2. The third-order valence-electron chi connectivity index (χ3n) is 10.2. The van der Waals surface area contributed by atoms with E-state index in [1.807, 2.05) is 0 Å². The monoisotopic (exact) mass is 1020 g/mol. The molecule has 0 bridgehead atoms. The van der Waals surface area contributed by atoms with Gasteiger partial charge in [-0.3, -0.25) is 9.59 Å². The summed E-state index contributed by atoms with van der Waals surface area (Å²) in [4.78, 5) is 35.5. The van der Waals surface area contributed by atoms with Gasteiger partial charge in [-0.25, -0.2) is 31.8 Å². The number of alkyl halides is 12. The summed E-state index contributed by atoms with van der Waals surface area (Å²) in [5, 5.41) is 23.1. The van der Waals surface area contributed by atoms with Gasteiger partial charge in [0, 0.05) is 29.7 Å². The van der Waals surface area contributed by atoms with Crippen LogP contribution >= 0.6 is 0 Å².